The van der Waals surface area contributed by atoms with Gasteiger partial charge in [0.05, 0.1) is 22.8 Å². The van der Waals surface area contributed by atoms with E-state index in [1.807, 2.05) is 11.8 Å². The van der Waals surface area contributed by atoms with E-state index in [1.54, 1.807) is 27.9 Å². The van der Waals surface area contributed by atoms with Crippen molar-refractivity contribution in [1.29, 1.82) is 0 Å². The molecule has 0 spiro atoms. The Morgan fingerprint density at radius 1 is 1.09 bits per heavy atom. The highest BCUT2D eigenvalue weighted by molar-refractivity contribution is 5.89. The second-order valence-corrected chi connectivity index (χ2v) is 7.33. The number of urea groups is 1. The summed E-state index contributed by atoms with van der Waals surface area (Å²) in [6.45, 7) is 3.85. The number of alkyl halides is 3. The smallest absolute Gasteiger partial charge is 0.348 e. The molecule has 8 nitrogen and oxygen atoms in total. The minimum absolute atomic E-state index is 0.212. The second-order valence-electron chi connectivity index (χ2n) is 7.33. The van der Waals surface area contributed by atoms with E-state index in [4.69, 9.17) is 0 Å². The molecule has 1 aromatic carbocycles. The van der Waals surface area contributed by atoms with Crippen molar-refractivity contribution in [2.24, 2.45) is 0 Å². The van der Waals surface area contributed by atoms with Gasteiger partial charge in [0.1, 0.15) is 0 Å². The Bertz CT molecular complexity index is 1180. The van der Waals surface area contributed by atoms with Crippen molar-refractivity contribution in [1.82, 2.24) is 19.4 Å². The van der Waals surface area contributed by atoms with Gasteiger partial charge >= 0.3 is 12.2 Å². The van der Waals surface area contributed by atoms with Crippen LogP contribution in [-0.4, -0.2) is 51.6 Å². The van der Waals surface area contributed by atoms with Crippen LogP contribution in [0.3, 0.4) is 0 Å². The molecule has 3 aromatic rings. The zero-order chi connectivity index (χ0) is 22.9. The van der Waals surface area contributed by atoms with Crippen LogP contribution in [0.1, 0.15) is 12.5 Å². The monoisotopic (exact) mass is 446 g/mol. The van der Waals surface area contributed by atoms with Crippen LogP contribution in [0.15, 0.2) is 47.5 Å². The Balaban J connectivity index is 1.44. The number of hydrogen-bond acceptors (Lipinski definition) is 5. The fourth-order valence-electron chi connectivity index (χ4n) is 3.66. The van der Waals surface area contributed by atoms with Gasteiger partial charge in [-0.25, -0.2) is 9.78 Å². The normalized spacial score (nSPS) is 14.6. The Kier molecular flexibility index (Phi) is 5.72. The minimum atomic E-state index is -4.43. The number of halogens is 3. The number of nitrogens with zero attached hydrogens (tertiary/aromatic N) is 5. The highest BCUT2D eigenvalue weighted by Gasteiger charge is 2.30. The van der Waals surface area contributed by atoms with Crippen LogP contribution in [0.25, 0.3) is 11.0 Å². The number of carbonyl (C=O) groups excluding carboxylic acids is 1. The van der Waals surface area contributed by atoms with Crippen LogP contribution < -0.4 is 15.8 Å². The van der Waals surface area contributed by atoms with Gasteiger partial charge in [0.25, 0.3) is 5.56 Å². The summed E-state index contributed by atoms with van der Waals surface area (Å²) in [5.41, 5.74) is 0.620. The molecule has 11 heteroatoms. The SMILES string of the molecule is CCn1c(=O)c(N2CCN(C(=O)Nc3ccc(C(F)(F)F)cc3)CC2)nc2ccncc21. The van der Waals surface area contributed by atoms with Crippen LogP contribution in [-0.2, 0) is 12.7 Å². The number of amides is 2. The number of aryl methyl sites for hydroxylation is 1. The Morgan fingerprint density at radius 2 is 1.78 bits per heavy atom. The van der Waals surface area contributed by atoms with E-state index in [0.29, 0.717) is 49.6 Å². The number of anilines is 2. The topological polar surface area (TPSA) is 83.4 Å². The largest absolute Gasteiger partial charge is 0.416 e. The highest BCUT2D eigenvalue weighted by Crippen LogP contribution is 2.29. The maximum Gasteiger partial charge on any atom is 0.416 e. The number of carbonyl (C=O) groups is 1. The van der Waals surface area contributed by atoms with E-state index in [9.17, 15) is 22.8 Å². The lowest BCUT2D eigenvalue weighted by Gasteiger charge is -2.35. The molecule has 32 heavy (non-hydrogen) atoms. The molecule has 0 atom stereocenters. The van der Waals surface area contributed by atoms with Crippen molar-refractivity contribution < 1.29 is 18.0 Å². The second kappa shape index (κ2) is 8.48. The van der Waals surface area contributed by atoms with Gasteiger partial charge in [-0.2, -0.15) is 13.2 Å². The number of pyridine rings is 1. The van der Waals surface area contributed by atoms with Crippen molar-refractivity contribution in [3.8, 4) is 0 Å². The van der Waals surface area contributed by atoms with Crippen LogP contribution in [0.5, 0.6) is 0 Å². The summed E-state index contributed by atoms with van der Waals surface area (Å²) in [5, 5.41) is 2.61. The molecule has 3 heterocycles. The third-order valence-corrected chi connectivity index (χ3v) is 5.38. The number of aromatic nitrogens is 3. The zero-order valence-electron chi connectivity index (χ0n) is 17.3. The molecule has 0 radical (unpaired) electrons. The molecule has 0 saturated carbocycles. The molecule has 2 aromatic heterocycles. The molecule has 1 aliphatic heterocycles. The summed E-state index contributed by atoms with van der Waals surface area (Å²) in [6, 6.07) is 5.63. The molecule has 1 N–H and O–H groups in total. The van der Waals surface area contributed by atoms with Gasteiger partial charge in [-0.1, -0.05) is 0 Å². The van der Waals surface area contributed by atoms with Crippen LogP contribution in [0, 0.1) is 0 Å². The molecule has 0 bridgehead atoms. The van der Waals surface area contributed by atoms with Crippen molar-refractivity contribution >= 4 is 28.6 Å². The Hall–Kier alpha value is -3.63. The molecule has 2 amide bonds. The maximum atomic E-state index is 12.9. The third-order valence-electron chi connectivity index (χ3n) is 5.38. The minimum Gasteiger partial charge on any atom is -0.348 e. The van der Waals surface area contributed by atoms with E-state index < -0.39 is 17.8 Å². The Labute approximate surface area is 181 Å². The molecular formula is C21H21F3N6O2. The summed E-state index contributed by atoms with van der Waals surface area (Å²) in [4.78, 5) is 37.4. The maximum absolute atomic E-state index is 12.9. The van der Waals surface area contributed by atoms with Gasteiger partial charge in [0.15, 0.2) is 5.82 Å². The lowest BCUT2D eigenvalue weighted by molar-refractivity contribution is -0.137. The van der Waals surface area contributed by atoms with E-state index in [2.05, 4.69) is 15.3 Å². The van der Waals surface area contributed by atoms with Crippen molar-refractivity contribution in [2.45, 2.75) is 19.6 Å². The lowest BCUT2D eigenvalue weighted by atomic mass is 10.2. The average molecular weight is 446 g/mol. The van der Waals surface area contributed by atoms with Crippen LogP contribution in [0.4, 0.5) is 29.5 Å². The molecular weight excluding hydrogens is 425 g/mol. The average Bonchev–Trinajstić information content (AvgIpc) is 2.78. The Morgan fingerprint density at radius 3 is 2.41 bits per heavy atom. The number of hydrogen-bond donors (Lipinski definition) is 1. The van der Waals surface area contributed by atoms with Gasteiger partial charge in [-0.3, -0.25) is 9.78 Å². The van der Waals surface area contributed by atoms with Gasteiger partial charge in [-0.05, 0) is 37.3 Å². The van der Waals surface area contributed by atoms with Gasteiger partial charge in [0, 0.05) is 44.6 Å². The highest BCUT2D eigenvalue weighted by atomic mass is 19.4. The van der Waals surface area contributed by atoms with E-state index in [1.165, 1.54) is 12.1 Å². The predicted molar refractivity (Wildman–Crippen MR) is 114 cm³/mol. The number of rotatable bonds is 3. The van der Waals surface area contributed by atoms with Crippen LogP contribution in [0.2, 0.25) is 0 Å². The van der Waals surface area contributed by atoms with E-state index in [0.717, 1.165) is 12.1 Å². The summed E-state index contributed by atoms with van der Waals surface area (Å²) in [5.74, 6) is 0.327. The summed E-state index contributed by atoms with van der Waals surface area (Å²) in [6.07, 6.45) is -1.20. The molecule has 1 fully saturated rings. The number of nitrogens with one attached hydrogen (secondary N) is 1. The summed E-state index contributed by atoms with van der Waals surface area (Å²) in [7, 11) is 0. The van der Waals surface area contributed by atoms with Gasteiger partial charge in [-0.15, -0.1) is 0 Å². The number of piperazine rings is 1. The summed E-state index contributed by atoms with van der Waals surface area (Å²) >= 11 is 0. The standard InChI is InChI=1S/C21H21F3N6O2/c1-2-30-17-13-25-8-7-16(17)27-18(19(30)31)28-9-11-29(12-10-28)20(32)26-15-5-3-14(4-6-15)21(22,23)24/h3-8,13H,2,9-12H2,1H3,(H,26,32). The number of fused-ring (bicyclic) bond motifs is 1. The summed E-state index contributed by atoms with van der Waals surface area (Å²) < 4.78 is 39.7. The molecule has 0 aliphatic carbocycles. The molecule has 168 valence electrons. The fraction of sp³-hybridized carbons (Fsp3) is 0.333. The van der Waals surface area contributed by atoms with Crippen LogP contribution >= 0.6 is 0 Å². The fourth-order valence-corrected chi connectivity index (χ4v) is 3.66. The first-order valence-corrected chi connectivity index (χ1v) is 10.1. The number of benzene rings is 1. The quantitative estimate of drug-likeness (QED) is 0.668. The first-order valence-electron chi connectivity index (χ1n) is 10.1. The predicted octanol–water partition coefficient (Wildman–Crippen LogP) is 3.18. The van der Waals surface area contributed by atoms with Crippen molar-refractivity contribution in [3.63, 3.8) is 0 Å². The molecule has 0 unspecified atom stereocenters. The van der Waals surface area contributed by atoms with Crippen molar-refractivity contribution in [2.75, 3.05) is 36.4 Å². The van der Waals surface area contributed by atoms with Gasteiger partial charge in [0.2, 0.25) is 0 Å². The zero-order valence-corrected chi connectivity index (χ0v) is 17.3. The molecule has 1 aliphatic rings. The first-order chi connectivity index (χ1) is 15.3. The van der Waals surface area contributed by atoms with E-state index in [-0.39, 0.29) is 11.2 Å². The van der Waals surface area contributed by atoms with Crippen molar-refractivity contribution in [3.05, 3.63) is 58.6 Å². The third kappa shape index (κ3) is 4.23. The lowest BCUT2D eigenvalue weighted by Crippen LogP contribution is -2.51. The van der Waals surface area contributed by atoms with Gasteiger partial charge < -0.3 is 19.7 Å². The molecule has 1 saturated heterocycles. The van der Waals surface area contributed by atoms with E-state index >= 15 is 0 Å². The first kappa shape index (κ1) is 21.6. The molecule has 4 rings (SSSR count).